The number of hydrogen-bond donors (Lipinski definition) is 1. The Hall–Kier alpha value is -2.70. The molecule has 0 atom stereocenters. The van der Waals surface area contributed by atoms with Gasteiger partial charge in [-0.15, -0.1) is 0 Å². The number of amides is 1. The lowest BCUT2D eigenvalue weighted by atomic mass is 10.2. The molecule has 1 amide bonds. The van der Waals surface area contributed by atoms with Crippen LogP contribution in [-0.2, 0) is 14.3 Å². The zero-order valence-electron chi connectivity index (χ0n) is 14.6. The minimum absolute atomic E-state index is 0.337. The molecule has 6 nitrogen and oxygen atoms in total. The van der Waals surface area contributed by atoms with Crippen molar-refractivity contribution in [3.05, 3.63) is 58.1 Å². The molecule has 0 unspecified atom stereocenters. The van der Waals surface area contributed by atoms with Crippen LogP contribution in [0.1, 0.15) is 5.56 Å². The summed E-state index contributed by atoms with van der Waals surface area (Å²) in [6, 6.07) is 10.0. The van der Waals surface area contributed by atoms with E-state index in [1.54, 1.807) is 36.4 Å². The van der Waals surface area contributed by atoms with E-state index in [1.807, 2.05) is 0 Å². The molecule has 0 saturated carbocycles. The highest BCUT2D eigenvalue weighted by molar-refractivity contribution is 6.33. The minimum Gasteiger partial charge on any atom is -0.493 e. The van der Waals surface area contributed by atoms with Gasteiger partial charge in [0, 0.05) is 6.08 Å². The third-order valence-corrected chi connectivity index (χ3v) is 3.97. The first-order valence-electron chi connectivity index (χ1n) is 7.75. The van der Waals surface area contributed by atoms with Crippen molar-refractivity contribution in [3.63, 3.8) is 0 Å². The number of methoxy groups -OCH3 is 2. The number of anilines is 1. The van der Waals surface area contributed by atoms with Crippen LogP contribution in [0.3, 0.4) is 0 Å². The van der Waals surface area contributed by atoms with Crippen LogP contribution >= 0.6 is 23.2 Å². The van der Waals surface area contributed by atoms with E-state index in [4.69, 9.17) is 37.4 Å². The fraction of sp³-hybridized carbons (Fsp3) is 0.158. The van der Waals surface area contributed by atoms with Crippen LogP contribution in [-0.4, -0.2) is 32.7 Å². The second-order valence-corrected chi connectivity index (χ2v) is 6.02. The van der Waals surface area contributed by atoms with Gasteiger partial charge in [0.25, 0.3) is 5.91 Å². The van der Waals surface area contributed by atoms with Crippen LogP contribution in [0.15, 0.2) is 42.5 Å². The fourth-order valence-electron chi connectivity index (χ4n) is 2.13. The monoisotopic (exact) mass is 409 g/mol. The van der Waals surface area contributed by atoms with Crippen molar-refractivity contribution in [3.8, 4) is 11.5 Å². The maximum absolute atomic E-state index is 11.8. The number of rotatable bonds is 7. The van der Waals surface area contributed by atoms with Crippen molar-refractivity contribution in [2.75, 3.05) is 26.1 Å². The highest BCUT2D eigenvalue weighted by Crippen LogP contribution is 2.36. The molecule has 0 aliphatic rings. The third kappa shape index (κ3) is 5.91. The zero-order chi connectivity index (χ0) is 19.8. The first-order chi connectivity index (χ1) is 12.9. The van der Waals surface area contributed by atoms with E-state index in [2.05, 4.69) is 5.32 Å². The molecular weight excluding hydrogens is 393 g/mol. The Balaban J connectivity index is 1.93. The van der Waals surface area contributed by atoms with Gasteiger partial charge in [-0.05, 0) is 35.9 Å². The van der Waals surface area contributed by atoms with Crippen molar-refractivity contribution in [1.82, 2.24) is 0 Å². The lowest BCUT2D eigenvalue weighted by Gasteiger charge is -2.10. The van der Waals surface area contributed by atoms with Crippen LogP contribution in [0.25, 0.3) is 6.08 Å². The molecule has 0 radical (unpaired) electrons. The summed E-state index contributed by atoms with van der Waals surface area (Å²) < 4.78 is 15.2. The number of carbonyl (C=O) groups excluding carboxylic acids is 2. The molecule has 0 aromatic heterocycles. The predicted molar refractivity (Wildman–Crippen MR) is 105 cm³/mol. The Bertz CT molecular complexity index is 867. The van der Waals surface area contributed by atoms with Crippen LogP contribution in [0.2, 0.25) is 10.0 Å². The Labute approximate surface area is 166 Å². The van der Waals surface area contributed by atoms with Crippen molar-refractivity contribution in [2.45, 2.75) is 0 Å². The Kier molecular flexibility index (Phi) is 7.52. The van der Waals surface area contributed by atoms with Gasteiger partial charge in [-0.2, -0.15) is 0 Å². The standard InChI is InChI=1S/C19H17Cl2NO5/c1-25-16-10-12(9-14(21)19(16)26-2)7-8-18(24)27-11-17(23)22-15-6-4-3-5-13(15)20/h3-10H,11H2,1-2H3,(H,22,23)/b8-7+. The SMILES string of the molecule is COc1cc(/C=C/C(=O)OCC(=O)Nc2ccccc2Cl)cc(Cl)c1OC. The summed E-state index contributed by atoms with van der Waals surface area (Å²) in [5.41, 5.74) is 1.05. The van der Waals surface area contributed by atoms with E-state index in [0.29, 0.717) is 32.8 Å². The second kappa shape index (κ2) is 9.85. The van der Waals surface area contributed by atoms with Crippen LogP contribution in [0.4, 0.5) is 5.69 Å². The maximum atomic E-state index is 11.8. The molecular formula is C19H17Cl2NO5. The number of esters is 1. The average Bonchev–Trinajstić information content (AvgIpc) is 2.66. The number of carbonyl (C=O) groups is 2. The van der Waals surface area contributed by atoms with Crippen molar-refractivity contribution in [2.24, 2.45) is 0 Å². The maximum Gasteiger partial charge on any atom is 0.331 e. The van der Waals surface area contributed by atoms with Crippen molar-refractivity contribution < 1.29 is 23.8 Å². The molecule has 27 heavy (non-hydrogen) atoms. The van der Waals surface area contributed by atoms with E-state index in [-0.39, 0.29) is 0 Å². The molecule has 8 heteroatoms. The molecule has 0 spiro atoms. The molecule has 142 valence electrons. The molecule has 2 rings (SSSR count). The van der Waals surface area contributed by atoms with Crippen molar-refractivity contribution in [1.29, 1.82) is 0 Å². The average molecular weight is 410 g/mol. The molecule has 1 N–H and O–H groups in total. The quantitative estimate of drug-likeness (QED) is 0.547. The number of halogens is 2. The molecule has 0 fully saturated rings. The van der Waals surface area contributed by atoms with Gasteiger partial charge in [0.05, 0.1) is 30.0 Å². The summed E-state index contributed by atoms with van der Waals surface area (Å²) in [4.78, 5) is 23.6. The van der Waals surface area contributed by atoms with Gasteiger partial charge in [0.15, 0.2) is 18.1 Å². The Morgan fingerprint density at radius 1 is 1.07 bits per heavy atom. The topological polar surface area (TPSA) is 73.9 Å². The summed E-state index contributed by atoms with van der Waals surface area (Å²) in [5.74, 6) is -0.360. The van der Waals surface area contributed by atoms with E-state index >= 15 is 0 Å². The number of nitrogens with one attached hydrogen (secondary N) is 1. The van der Waals surface area contributed by atoms with E-state index < -0.39 is 18.5 Å². The molecule has 0 saturated heterocycles. The minimum atomic E-state index is -0.685. The Morgan fingerprint density at radius 3 is 2.48 bits per heavy atom. The van der Waals surface area contributed by atoms with Gasteiger partial charge in [-0.25, -0.2) is 4.79 Å². The van der Waals surface area contributed by atoms with Crippen LogP contribution in [0.5, 0.6) is 11.5 Å². The second-order valence-electron chi connectivity index (χ2n) is 5.21. The summed E-state index contributed by atoms with van der Waals surface area (Å²) in [6.07, 6.45) is 2.67. The van der Waals surface area contributed by atoms with Gasteiger partial charge in [0.1, 0.15) is 0 Å². The number of para-hydroxylation sites is 1. The largest absolute Gasteiger partial charge is 0.493 e. The highest BCUT2D eigenvalue weighted by Gasteiger charge is 2.11. The molecule has 0 heterocycles. The van der Waals surface area contributed by atoms with Gasteiger partial charge in [0.2, 0.25) is 0 Å². The van der Waals surface area contributed by atoms with Gasteiger partial charge < -0.3 is 19.5 Å². The lowest BCUT2D eigenvalue weighted by molar-refractivity contribution is -0.142. The number of ether oxygens (including phenoxy) is 3. The Morgan fingerprint density at radius 2 is 1.81 bits per heavy atom. The van der Waals surface area contributed by atoms with Crippen LogP contribution < -0.4 is 14.8 Å². The van der Waals surface area contributed by atoms with Gasteiger partial charge in [-0.3, -0.25) is 4.79 Å². The van der Waals surface area contributed by atoms with E-state index in [9.17, 15) is 9.59 Å². The fourth-order valence-corrected chi connectivity index (χ4v) is 2.61. The molecule has 2 aromatic rings. The van der Waals surface area contributed by atoms with Gasteiger partial charge in [-0.1, -0.05) is 35.3 Å². The van der Waals surface area contributed by atoms with Gasteiger partial charge >= 0.3 is 5.97 Å². The molecule has 2 aromatic carbocycles. The molecule has 0 bridgehead atoms. The summed E-state index contributed by atoms with van der Waals surface area (Å²) in [5, 5.41) is 3.28. The summed E-state index contributed by atoms with van der Waals surface area (Å²) in [7, 11) is 2.96. The predicted octanol–water partition coefficient (Wildman–Crippen LogP) is 4.21. The first kappa shape index (κ1) is 20.6. The van der Waals surface area contributed by atoms with E-state index in [0.717, 1.165) is 0 Å². The summed E-state index contributed by atoms with van der Waals surface area (Å²) in [6.45, 7) is -0.443. The highest BCUT2D eigenvalue weighted by atomic mass is 35.5. The smallest absolute Gasteiger partial charge is 0.331 e. The number of hydrogen-bond acceptors (Lipinski definition) is 5. The molecule has 0 aliphatic carbocycles. The first-order valence-corrected chi connectivity index (χ1v) is 8.51. The summed E-state index contributed by atoms with van der Waals surface area (Å²) >= 11 is 12.0. The number of benzene rings is 2. The van der Waals surface area contributed by atoms with Crippen molar-refractivity contribution >= 4 is 46.8 Å². The van der Waals surface area contributed by atoms with Crippen LogP contribution in [0, 0.1) is 0 Å². The normalized spacial score (nSPS) is 10.5. The zero-order valence-corrected chi connectivity index (χ0v) is 16.1. The third-order valence-electron chi connectivity index (χ3n) is 3.36. The molecule has 0 aliphatic heterocycles. The lowest BCUT2D eigenvalue weighted by Crippen LogP contribution is -2.20. The van der Waals surface area contributed by atoms with E-state index in [1.165, 1.54) is 26.4 Å².